The lowest BCUT2D eigenvalue weighted by Crippen LogP contribution is -1.75. The number of allylic oxidation sites excluding steroid dienone is 9. The number of hydrogen-bond acceptors (Lipinski definition) is 0. The molecule has 2 aliphatic carbocycles. The Morgan fingerprint density at radius 3 is 2.53 bits per heavy atom. The van der Waals surface area contributed by atoms with Crippen LogP contribution in [-0.2, 0) is 0 Å². The minimum Gasteiger partial charge on any atom is -0.0844 e. The summed E-state index contributed by atoms with van der Waals surface area (Å²) in [4.78, 5) is 0. The van der Waals surface area contributed by atoms with E-state index >= 15 is 0 Å². The van der Waals surface area contributed by atoms with Gasteiger partial charge >= 0.3 is 0 Å². The molecule has 17 heavy (non-hydrogen) atoms. The summed E-state index contributed by atoms with van der Waals surface area (Å²) in [5, 5.41) is 1.82. The molecule has 0 saturated carbocycles. The molecule has 0 aliphatic heterocycles. The molecule has 2 rings (SSSR count). The maximum Gasteiger partial charge on any atom is 0.0474 e. The molecule has 90 valence electrons. The zero-order valence-electron chi connectivity index (χ0n) is 9.35. The molecule has 0 aromatic carbocycles. The normalized spacial score (nSPS) is 25.7. The minimum atomic E-state index is 0.897. The minimum absolute atomic E-state index is 0.897. The molecular weight excluding hydrogens is 366 g/mol. The fraction of sp³-hybridized carbons (Fsp3) is 0.286. The van der Waals surface area contributed by atoms with E-state index in [1.807, 2.05) is 0 Å². The van der Waals surface area contributed by atoms with Crippen LogP contribution in [0.4, 0.5) is 0 Å². The molecule has 0 spiro atoms. The first-order valence-electron chi connectivity index (χ1n) is 5.64. The molecular formula is C14H13Cl2I. The molecule has 0 atom stereocenters. The molecule has 0 N–H and O–H groups in total. The van der Waals surface area contributed by atoms with Gasteiger partial charge in [-0.25, -0.2) is 0 Å². The predicted octanol–water partition coefficient (Wildman–Crippen LogP) is 5.99. The zero-order chi connectivity index (χ0) is 12.3. The van der Waals surface area contributed by atoms with Crippen LogP contribution in [-0.4, -0.2) is 0 Å². The van der Waals surface area contributed by atoms with Crippen LogP contribution < -0.4 is 0 Å². The standard InChI is InChI=1S/C14H13Cl2I/c15-13-6-2-4-10(13)3-1-5-11-7-8-12(9-17)14(11)16/h1,3,5-6,9H,2,4,7-8H2/b5-1+,10-3+,12-9+. The Morgan fingerprint density at radius 2 is 1.94 bits per heavy atom. The molecule has 0 saturated heterocycles. The maximum absolute atomic E-state index is 6.27. The number of hydrogen-bond donors (Lipinski definition) is 0. The Labute approximate surface area is 126 Å². The van der Waals surface area contributed by atoms with Crippen molar-refractivity contribution in [2.45, 2.75) is 25.7 Å². The van der Waals surface area contributed by atoms with Gasteiger partial charge in [-0.2, -0.15) is 0 Å². The Bertz CT molecular complexity index is 465. The van der Waals surface area contributed by atoms with Gasteiger partial charge in [0.05, 0.1) is 0 Å². The second-order valence-electron chi connectivity index (χ2n) is 4.12. The van der Waals surface area contributed by atoms with Crippen molar-refractivity contribution < 1.29 is 0 Å². The highest BCUT2D eigenvalue weighted by atomic mass is 127. The highest BCUT2D eigenvalue weighted by Gasteiger charge is 2.15. The number of rotatable bonds is 2. The molecule has 0 fully saturated rings. The van der Waals surface area contributed by atoms with Crippen molar-refractivity contribution in [3.63, 3.8) is 0 Å². The SMILES string of the molecule is ClC1=CCC/C1=C\C=C\C1=C(Cl)C(=C/I)/CC1. The van der Waals surface area contributed by atoms with Gasteiger partial charge in [0.25, 0.3) is 0 Å². The third kappa shape index (κ3) is 3.27. The average molecular weight is 379 g/mol. The van der Waals surface area contributed by atoms with Crippen LogP contribution >= 0.6 is 45.8 Å². The van der Waals surface area contributed by atoms with E-state index in [0.717, 1.165) is 35.7 Å². The van der Waals surface area contributed by atoms with E-state index in [-0.39, 0.29) is 0 Å². The van der Waals surface area contributed by atoms with E-state index in [2.05, 4.69) is 51.0 Å². The quantitative estimate of drug-likeness (QED) is 0.517. The largest absolute Gasteiger partial charge is 0.0844 e. The van der Waals surface area contributed by atoms with Crippen LogP contribution in [0.15, 0.2) is 55.2 Å². The van der Waals surface area contributed by atoms with Gasteiger partial charge in [-0.3, -0.25) is 0 Å². The first-order valence-corrected chi connectivity index (χ1v) is 7.64. The molecule has 0 bridgehead atoms. The predicted molar refractivity (Wildman–Crippen MR) is 84.6 cm³/mol. The Hall–Kier alpha value is 0.01000. The molecule has 0 amide bonds. The molecule has 0 aromatic rings. The van der Waals surface area contributed by atoms with Crippen LogP contribution in [0.1, 0.15) is 25.7 Å². The molecule has 0 unspecified atom stereocenters. The Morgan fingerprint density at radius 1 is 1.12 bits per heavy atom. The van der Waals surface area contributed by atoms with E-state index in [9.17, 15) is 0 Å². The topological polar surface area (TPSA) is 0 Å². The van der Waals surface area contributed by atoms with Crippen LogP contribution in [0.25, 0.3) is 0 Å². The average Bonchev–Trinajstić information content (AvgIpc) is 2.87. The van der Waals surface area contributed by atoms with Gasteiger partial charge in [0.1, 0.15) is 0 Å². The van der Waals surface area contributed by atoms with E-state index in [1.165, 1.54) is 16.7 Å². The Kier molecular flexibility index (Phi) is 4.95. The van der Waals surface area contributed by atoms with Crippen molar-refractivity contribution in [3.05, 3.63) is 55.2 Å². The second kappa shape index (κ2) is 6.26. The fourth-order valence-corrected chi connectivity index (χ4v) is 3.38. The van der Waals surface area contributed by atoms with Crippen LogP contribution in [0.3, 0.4) is 0 Å². The highest BCUT2D eigenvalue weighted by molar-refractivity contribution is 14.1. The van der Waals surface area contributed by atoms with E-state index in [0.29, 0.717) is 0 Å². The lowest BCUT2D eigenvalue weighted by atomic mass is 10.2. The van der Waals surface area contributed by atoms with Crippen molar-refractivity contribution in [1.82, 2.24) is 0 Å². The van der Waals surface area contributed by atoms with Gasteiger partial charge in [-0.05, 0) is 46.5 Å². The molecule has 3 heteroatoms. The first-order chi connectivity index (χ1) is 8.22. The summed E-state index contributed by atoms with van der Waals surface area (Å²) in [5.74, 6) is 0. The fourth-order valence-electron chi connectivity index (χ4n) is 2.00. The summed E-state index contributed by atoms with van der Waals surface area (Å²) in [6.45, 7) is 0. The summed E-state index contributed by atoms with van der Waals surface area (Å²) in [5.41, 5.74) is 3.70. The van der Waals surface area contributed by atoms with E-state index < -0.39 is 0 Å². The second-order valence-corrected chi connectivity index (χ2v) is 5.52. The smallest absolute Gasteiger partial charge is 0.0474 e. The van der Waals surface area contributed by atoms with Crippen molar-refractivity contribution in [2.24, 2.45) is 0 Å². The lowest BCUT2D eigenvalue weighted by Gasteiger charge is -1.95. The molecule has 0 nitrogen and oxygen atoms in total. The monoisotopic (exact) mass is 378 g/mol. The molecule has 0 heterocycles. The van der Waals surface area contributed by atoms with Crippen molar-refractivity contribution in [3.8, 4) is 0 Å². The third-order valence-corrected chi connectivity index (χ3v) is 4.63. The van der Waals surface area contributed by atoms with Crippen LogP contribution in [0.2, 0.25) is 0 Å². The van der Waals surface area contributed by atoms with Gasteiger partial charge in [0, 0.05) is 10.1 Å². The Balaban J connectivity index is 2.08. The zero-order valence-corrected chi connectivity index (χ0v) is 13.0. The highest BCUT2D eigenvalue weighted by Crippen LogP contribution is 2.35. The summed E-state index contributed by atoms with van der Waals surface area (Å²) < 4.78 is 2.07. The van der Waals surface area contributed by atoms with Gasteiger partial charge in [-0.15, -0.1) is 0 Å². The van der Waals surface area contributed by atoms with E-state index in [4.69, 9.17) is 23.2 Å². The summed E-state index contributed by atoms with van der Waals surface area (Å²) in [7, 11) is 0. The van der Waals surface area contributed by atoms with Crippen LogP contribution in [0.5, 0.6) is 0 Å². The van der Waals surface area contributed by atoms with Crippen LogP contribution in [0, 0.1) is 0 Å². The lowest BCUT2D eigenvalue weighted by molar-refractivity contribution is 1.03. The molecule has 2 aliphatic rings. The summed E-state index contributed by atoms with van der Waals surface area (Å²) >= 11 is 14.6. The van der Waals surface area contributed by atoms with Crippen molar-refractivity contribution in [2.75, 3.05) is 0 Å². The van der Waals surface area contributed by atoms with Crippen molar-refractivity contribution >= 4 is 45.8 Å². The van der Waals surface area contributed by atoms with Gasteiger partial charge < -0.3 is 0 Å². The van der Waals surface area contributed by atoms with Gasteiger partial charge in [0.15, 0.2) is 0 Å². The van der Waals surface area contributed by atoms with Crippen molar-refractivity contribution in [1.29, 1.82) is 0 Å². The summed E-state index contributed by atoms with van der Waals surface area (Å²) in [6, 6.07) is 0. The van der Waals surface area contributed by atoms with E-state index in [1.54, 1.807) is 0 Å². The summed E-state index contributed by atoms with van der Waals surface area (Å²) in [6.07, 6.45) is 12.5. The molecule has 0 aromatic heterocycles. The van der Waals surface area contributed by atoms with Gasteiger partial charge in [-0.1, -0.05) is 70.1 Å². The first kappa shape index (κ1) is 13.4. The third-order valence-electron chi connectivity index (χ3n) is 3.00. The maximum atomic E-state index is 6.27. The number of halogens is 3. The van der Waals surface area contributed by atoms with Gasteiger partial charge in [0.2, 0.25) is 0 Å². The molecule has 0 radical (unpaired) electrons.